The first-order chi connectivity index (χ1) is 12.7. The van der Waals surface area contributed by atoms with E-state index >= 15 is 0 Å². The maximum atomic E-state index is 13.1. The molecule has 2 aromatic carbocycles. The van der Waals surface area contributed by atoms with Crippen LogP contribution in [-0.4, -0.2) is 46.3 Å². The molecule has 7 heteroatoms. The lowest BCUT2D eigenvalue weighted by molar-refractivity contribution is -0.119. The topological polar surface area (TPSA) is 67.2 Å². The molecule has 0 atom stereocenters. The third-order valence-corrected chi connectivity index (χ3v) is 4.61. The summed E-state index contributed by atoms with van der Waals surface area (Å²) in [5.41, 5.74) is 2.89. The summed E-state index contributed by atoms with van der Waals surface area (Å²) in [4.78, 5) is 17.1. The molecule has 0 N–H and O–H groups in total. The zero-order chi connectivity index (χ0) is 17.9. The number of fused-ring (bicyclic) bond motifs is 1. The molecular weight excluding hydrogens is 328 g/mol. The summed E-state index contributed by atoms with van der Waals surface area (Å²) in [6.45, 7) is 1.71. The van der Waals surface area contributed by atoms with Gasteiger partial charge in [0, 0.05) is 25.7 Å². The standard InChI is InChI=1S/C19H20N6O/c1-23-12-7-13-24(17-11-6-5-10-16(17)23)18(26)14-25-19(20-21-22-25)15-8-3-2-4-9-15/h2-6,8-11H,7,12-14H2,1H3. The molecule has 3 aromatic rings. The molecule has 0 saturated heterocycles. The second-order valence-electron chi connectivity index (χ2n) is 6.34. The molecule has 0 radical (unpaired) electrons. The Morgan fingerprint density at radius 3 is 2.54 bits per heavy atom. The fourth-order valence-electron chi connectivity index (χ4n) is 3.30. The van der Waals surface area contributed by atoms with Gasteiger partial charge in [0.25, 0.3) is 0 Å². The van der Waals surface area contributed by atoms with Crippen molar-refractivity contribution in [2.75, 3.05) is 29.9 Å². The molecule has 0 fully saturated rings. The minimum absolute atomic E-state index is 0.0165. The second kappa shape index (κ2) is 6.95. The largest absolute Gasteiger partial charge is 0.373 e. The number of para-hydroxylation sites is 2. The van der Waals surface area contributed by atoms with Crippen LogP contribution in [0, 0.1) is 0 Å². The van der Waals surface area contributed by atoms with Crippen molar-refractivity contribution in [3.05, 3.63) is 54.6 Å². The molecule has 1 aliphatic rings. The van der Waals surface area contributed by atoms with E-state index in [2.05, 4.69) is 27.5 Å². The molecule has 1 amide bonds. The molecule has 2 heterocycles. The number of hydrogen-bond donors (Lipinski definition) is 0. The van der Waals surface area contributed by atoms with Crippen LogP contribution in [0.15, 0.2) is 54.6 Å². The minimum atomic E-state index is -0.0165. The number of tetrazole rings is 1. The Balaban J connectivity index is 1.62. The lowest BCUT2D eigenvalue weighted by atomic mass is 10.2. The van der Waals surface area contributed by atoms with E-state index in [4.69, 9.17) is 0 Å². The lowest BCUT2D eigenvalue weighted by Crippen LogP contribution is -2.34. The highest BCUT2D eigenvalue weighted by Crippen LogP contribution is 2.31. The molecule has 4 rings (SSSR count). The van der Waals surface area contributed by atoms with Gasteiger partial charge in [0.1, 0.15) is 6.54 Å². The third kappa shape index (κ3) is 3.03. The summed E-state index contributed by atoms with van der Waals surface area (Å²) in [7, 11) is 2.06. The average Bonchev–Trinajstić information content (AvgIpc) is 3.06. The number of benzene rings is 2. The van der Waals surface area contributed by atoms with Crippen LogP contribution in [0.25, 0.3) is 11.4 Å². The van der Waals surface area contributed by atoms with Gasteiger partial charge in [-0.15, -0.1) is 5.10 Å². The first-order valence-electron chi connectivity index (χ1n) is 8.66. The summed E-state index contributed by atoms with van der Waals surface area (Å²) in [5, 5.41) is 11.9. The Labute approximate surface area is 151 Å². The first kappa shape index (κ1) is 16.3. The van der Waals surface area contributed by atoms with Crippen molar-refractivity contribution in [3.8, 4) is 11.4 Å². The molecule has 26 heavy (non-hydrogen) atoms. The highest BCUT2D eigenvalue weighted by molar-refractivity contribution is 5.97. The Hall–Kier alpha value is -3.22. The average molecular weight is 348 g/mol. The Bertz CT molecular complexity index is 907. The molecule has 0 spiro atoms. The van der Waals surface area contributed by atoms with Gasteiger partial charge in [-0.05, 0) is 29.0 Å². The fraction of sp³-hybridized carbons (Fsp3) is 0.263. The fourth-order valence-corrected chi connectivity index (χ4v) is 3.30. The normalized spacial score (nSPS) is 14.0. The van der Waals surface area contributed by atoms with Gasteiger partial charge in [-0.3, -0.25) is 4.79 Å². The zero-order valence-corrected chi connectivity index (χ0v) is 14.6. The number of aromatic nitrogens is 4. The molecule has 1 aliphatic heterocycles. The molecular formula is C19H20N6O. The van der Waals surface area contributed by atoms with Crippen LogP contribution < -0.4 is 9.80 Å². The summed E-state index contributed by atoms with van der Waals surface area (Å²) >= 11 is 0. The Morgan fingerprint density at radius 1 is 1.00 bits per heavy atom. The van der Waals surface area contributed by atoms with Crippen molar-refractivity contribution in [1.82, 2.24) is 20.2 Å². The quantitative estimate of drug-likeness (QED) is 0.726. The van der Waals surface area contributed by atoms with Crippen molar-refractivity contribution < 1.29 is 4.79 Å². The Morgan fingerprint density at radius 2 is 1.73 bits per heavy atom. The van der Waals surface area contributed by atoms with E-state index in [1.807, 2.05) is 59.5 Å². The maximum absolute atomic E-state index is 13.1. The highest BCUT2D eigenvalue weighted by Gasteiger charge is 2.24. The van der Waals surface area contributed by atoms with Crippen LogP contribution in [0.2, 0.25) is 0 Å². The predicted octanol–water partition coefficient (Wildman–Crippen LogP) is 2.21. The summed E-state index contributed by atoms with van der Waals surface area (Å²) in [5.74, 6) is 0.580. The maximum Gasteiger partial charge on any atom is 0.248 e. The molecule has 0 bridgehead atoms. The van der Waals surface area contributed by atoms with E-state index in [0.29, 0.717) is 12.4 Å². The first-order valence-corrected chi connectivity index (χ1v) is 8.66. The summed E-state index contributed by atoms with van der Waals surface area (Å²) in [6, 6.07) is 17.7. The van der Waals surface area contributed by atoms with E-state index in [1.165, 1.54) is 0 Å². The molecule has 132 valence electrons. The molecule has 0 unspecified atom stereocenters. The minimum Gasteiger partial charge on any atom is -0.373 e. The van der Waals surface area contributed by atoms with Gasteiger partial charge < -0.3 is 9.80 Å². The summed E-state index contributed by atoms with van der Waals surface area (Å²) in [6.07, 6.45) is 0.915. The van der Waals surface area contributed by atoms with Crippen LogP contribution in [-0.2, 0) is 11.3 Å². The van der Waals surface area contributed by atoms with Crippen molar-refractivity contribution >= 4 is 17.3 Å². The van der Waals surface area contributed by atoms with Gasteiger partial charge in [0.05, 0.1) is 11.4 Å². The highest BCUT2D eigenvalue weighted by atomic mass is 16.2. The molecule has 0 aliphatic carbocycles. The number of rotatable bonds is 3. The number of amides is 1. The molecule has 1 aromatic heterocycles. The number of nitrogens with zero attached hydrogens (tertiary/aromatic N) is 6. The molecule has 7 nitrogen and oxygen atoms in total. The predicted molar refractivity (Wildman–Crippen MR) is 99.9 cm³/mol. The van der Waals surface area contributed by atoms with Gasteiger partial charge >= 0.3 is 0 Å². The Kier molecular flexibility index (Phi) is 4.35. The van der Waals surface area contributed by atoms with Crippen molar-refractivity contribution in [3.63, 3.8) is 0 Å². The lowest BCUT2D eigenvalue weighted by Gasteiger charge is -2.24. The van der Waals surface area contributed by atoms with Crippen LogP contribution in [0.3, 0.4) is 0 Å². The van der Waals surface area contributed by atoms with Crippen molar-refractivity contribution in [2.24, 2.45) is 0 Å². The van der Waals surface area contributed by atoms with Crippen molar-refractivity contribution in [2.45, 2.75) is 13.0 Å². The second-order valence-corrected chi connectivity index (χ2v) is 6.34. The zero-order valence-electron chi connectivity index (χ0n) is 14.6. The van der Waals surface area contributed by atoms with E-state index in [9.17, 15) is 4.79 Å². The van der Waals surface area contributed by atoms with E-state index in [-0.39, 0.29) is 12.5 Å². The van der Waals surface area contributed by atoms with Gasteiger partial charge in [-0.25, -0.2) is 4.68 Å². The summed E-state index contributed by atoms with van der Waals surface area (Å²) < 4.78 is 1.56. The number of hydrogen-bond acceptors (Lipinski definition) is 5. The van der Waals surface area contributed by atoms with E-state index in [1.54, 1.807) is 4.68 Å². The van der Waals surface area contributed by atoms with Crippen LogP contribution in [0.1, 0.15) is 6.42 Å². The number of carbonyl (C=O) groups excluding carboxylic acids is 1. The SMILES string of the molecule is CN1CCCN(C(=O)Cn2nnnc2-c2ccccc2)c2ccccc21. The molecule has 0 saturated carbocycles. The van der Waals surface area contributed by atoms with Gasteiger partial charge in [-0.1, -0.05) is 42.5 Å². The smallest absolute Gasteiger partial charge is 0.248 e. The van der Waals surface area contributed by atoms with Crippen LogP contribution in [0.5, 0.6) is 0 Å². The van der Waals surface area contributed by atoms with Crippen molar-refractivity contribution in [1.29, 1.82) is 0 Å². The van der Waals surface area contributed by atoms with Gasteiger partial charge in [0.15, 0.2) is 5.82 Å². The van der Waals surface area contributed by atoms with Gasteiger partial charge in [0.2, 0.25) is 5.91 Å². The van der Waals surface area contributed by atoms with E-state index < -0.39 is 0 Å². The number of carbonyl (C=O) groups is 1. The number of anilines is 2. The monoisotopic (exact) mass is 348 g/mol. The van der Waals surface area contributed by atoms with E-state index in [0.717, 1.165) is 29.9 Å². The van der Waals surface area contributed by atoms with Crippen LogP contribution in [0.4, 0.5) is 11.4 Å². The third-order valence-electron chi connectivity index (χ3n) is 4.61. The van der Waals surface area contributed by atoms with Crippen LogP contribution >= 0.6 is 0 Å². The van der Waals surface area contributed by atoms with Gasteiger partial charge in [-0.2, -0.15) is 0 Å².